The molecule has 0 saturated carbocycles. The number of carbonyl (C=O) groups is 1. The highest BCUT2D eigenvalue weighted by Crippen LogP contribution is 2.05. The number of pyridine rings is 1. The van der Waals surface area contributed by atoms with Crippen molar-refractivity contribution in [3.8, 4) is 0 Å². The second kappa shape index (κ2) is 5.24. The maximum Gasteiger partial charge on any atom is 0.334 e. The van der Waals surface area contributed by atoms with Crippen LogP contribution in [0.15, 0.2) is 16.9 Å². The van der Waals surface area contributed by atoms with Crippen LogP contribution in [0.2, 0.25) is 0 Å². The van der Waals surface area contributed by atoms with Gasteiger partial charge < -0.3 is 4.74 Å². The lowest BCUT2D eigenvalue weighted by atomic mass is 10.3. The summed E-state index contributed by atoms with van der Waals surface area (Å²) >= 11 is 0. The van der Waals surface area contributed by atoms with Crippen molar-refractivity contribution >= 4 is 11.7 Å². The Labute approximate surface area is 96.8 Å². The number of ether oxygens (including phenoxy) is 1. The molecule has 0 bridgehead atoms. The first-order valence-electron chi connectivity index (χ1n) is 4.97. The smallest absolute Gasteiger partial charge is 0.334 e. The maximum absolute atomic E-state index is 11.7. The van der Waals surface area contributed by atoms with E-state index in [-0.39, 0.29) is 13.2 Å². The second-order valence-corrected chi connectivity index (χ2v) is 3.31. The zero-order valence-electron chi connectivity index (χ0n) is 9.50. The fourth-order valence-corrected chi connectivity index (χ4v) is 1.33. The minimum atomic E-state index is -0.803. The van der Waals surface area contributed by atoms with Crippen LogP contribution in [0.1, 0.15) is 12.6 Å². The molecule has 0 saturated heterocycles. The molecule has 0 amide bonds. The third kappa shape index (κ3) is 2.90. The van der Waals surface area contributed by atoms with E-state index in [1.807, 2.05) is 0 Å². The first kappa shape index (κ1) is 12.9. The van der Waals surface area contributed by atoms with Crippen LogP contribution >= 0.6 is 0 Å². The maximum atomic E-state index is 11.7. The van der Waals surface area contributed by atoms with Gasteiger partial charge in [0, 0.05) is 11.8 Å². The molecule has 1 rings (SSSR count). The molecule has 0 aliphatic rings. The van der Waals surface area contributed by atoms with Crippen LogP contribution in [0.5, 0.6) is 0 Å². The molecule has 0 spiro atoms. The summed E-state index contributed by atoms with van der Waals surface area (Å²) in [6, 6.07) is 2.54. The molecule has 1 aromatic rings. The van der Waals surface area contributed by atoms with E-state index in [0.29, 0.717) is 5.69 Å². The number of rotatable bonds is 4. The van der Waals surface area contributed by atoms with Crippen LogP contribution in [0.25, 0.3) is 0 Å². The first-order valence-corrected chi connectivity index (χ1v) is 4.97. The van der Waals surface area contributed by atoms with Crippen LogP contribution in [0.4, 0.5) is 5.69 Å². The summed E-state index contributed by atoms with van der Waals surface area (Å²) in [5.74, 6) is -0.599. The van der Waals surface area contributed by atoms with Gasteiger partial charge in [-0.05, 0) is 19.9 Å². The van der Waals surface area contributed by atoms with Gasteiger partial charge in [-0.1, -0.05) is 0 Å². The molecule has 7 nitrogen and oxygen atoms in total. The standard InChI is InChI=1S/C10H12N2O5/c1-3-17-9(13)6-11-7(2)4-5-8(10(11)14)12(15)16/h4-5H,3,6H2,1-2H3. The number of aryl methyl sites for hydroxylation is 1. The predicted octanol–water partition coefficient (Wildman–Crippen LogP) is 0.628. The van der Waals surface area contributed by atoms with Crippen molar-refractivity contribution in [2.24, 2.45) is 0 Å². The third-order valence-electron chi connectivity index (χ3n) is 2.16. The molecule has 17 heavy (non-hydrogen) atoms. The molecule has 0 aliphatic carbocycles. The number of esters is 1. The Kier molecular flexibility index (Phi) is 3.97. The normalized spacial score (nSPS) is 10.0. The number of carbonyl (C=O) groups excluding carboxylic acids is 1. The Hall–Kier alpha value is -2.18. The van der Waals surface area contributed by atoms with E-state index in [9.17, 15) is 19.7 Å². The lowest BCUT2D eigenvalue weighted by molar-refractivity contribution is -0.386. The van der Waals surface area contributed by atoms with E-state index in [0.717, 1.165) is 10.6 Å². The SMILES string of the molecule is CCOC(=O)Cn1c(C)ccc([N+](=O)[O-])c1=O. The molecule has 7 heteroatoms. The van der Waals surface area contributed by atoms with Gasteiger partial charge in [0.1, 0.15) is 6.54 Å². The topological polar surface area (TPSA) is 91.4 Å². The summed E-state index contributed by atoms with van der Waals surface area (Å²) in [5.41, 5.74) is -0.892. The average Bonchev–Trinajstić information content (AvgIpc) is 2.24. The van der Waals surface area contributed by atoms with Gasteiger partial charge in [-0.2, -0.15) is 0 Å². The van der Waals surface area contributed by atoms with E-state index >= 15 is 0 Å². The predicted molar refractivity (Wildman–Crippen MR) is 58.7 cm³/mol. The Morgan fingerprint density at radius 1 is 1.53 bits per heavy atom. The lowest BCUT2D eigenvalue weighted by Gasteiger charge is -2.08. The quantitative estimate of drug-likeness (QED) is 0.437. The fraction of sp³-hybridized carbons (Fsp3) is 0.400. The number of nitrogens with zero attached hydrogens (tertiary/aromatic N) is 2. The Morgan fingerprint density at radius 2 is 2.18 bits per heavy atom. The van der Waals surface area contributed by atoms with Gasteiger partial charge in [-0.25, -0.2) is 0 Å². The van der Waals surface area contributed by atoms with Crippen molar-refractivity contribution in [2.45, 2.75) is 20.4 Å². The number of hydrogen-bond donors (Lipinski definition) is 0. The van der Waals surface area contributed by atoms with Gasteiger partial charge in [0.15, 0.2) is 0 Å². The summed E-state index contributed by atoms with van der Waals surface area (Å²) in [7, 11) is 0. The van der Waals surface area contributed by atoms with Gasteiger partial charge in [0.2, 0.25) is 0 Å². The van der Waals surface area contributed by atoms with Gasteiger partial charge in [-0.3, -0.25) is 24.3 Å². The van der Waals surface area contributed by atoms with Crippen molar-refractivity contribution in [2.75, 3.05) is 6.61 Å². The zero-order chi connectivity index (χ0) is 13.0. The third-order valence-corrected chi connectivity index (χ3v) is 2.16. The highest BCUT2D eigenvalue weighted by Gasteiger charge is 2.17. The van der Waals surface area contributed by atoms with Crippen molar-refractivity contribution < 1.29 is 14.5 Å². The summed E-state index contributed by atoms with van der Waals surface area (Å²) in [5, 5.41) is 10.6. The zero-order valence-corrected chi connectivity index (χ0v) is 9.50. The van der Waals surface area contributed by atoms with Crippen LogP contribution in [-0.4, -0.2) is 22.1 Å². The van der Waals surface area contributed by atoms with Crippen LogP contribution in [-0.2, 0) is 16.1 Å². The molecular formula is C10H12N2O5. The molecule has 92 valence electrons. The van der Waals surface area contributed by atoms with Gasteiger partial charge in [0.25, 0.3) is 0 Å². The van der Waals surface area contributed by atoms with Crippen molar-refractivity contribution in [3.63, 3.8) is 0 Å². The number of hydrogen-bond acceptors (Lipinski definition) is 5. The Bertz CT molecular complexity index is 506. The van der Waals surface area contributed by atoms with E-state index in [1.165, 1.54) is 6.07 Å². The Morgan fingerprint density at radius 3 is 2.71 bits per heavy atom. The van der Waals surface area contributed by atoms with Crippen molar-refractivity contribution in [1.29, 1.82) is 0 Å². The highest BCUT2D eigenvalue weighted by molar-refractivity contribution is 5.69. The van der Waals surface area contributed by atoms with Crippen molar-refractivity contribution in [3.05, 3.63) is 38.3 Å². The Balaban J connectivity index is 3.15. The molecule has 0 aromatic carbocycles. The monoisotopic (exact) mass is 240 g/mol. The molecule has 1 aromatic heterocycles. The summed E-state index contributed by atoms with van der Waals surface area (Å²) < 4.78 is 5.71. The van der Waals surface area contributed by atoms with Gasteiger partial charge in [0.05, 0.1) is 11.5 Å². The lowest BCUT2D eigenvalue weighted by Crippen LogP contribution is -2.28. The van der Waals surface area contributed by atoms with E-state index in [4.69, 9.17) is 0 Å². The molecule has 0 atom stereocenters. The molecule has 0 unspecified atom stereocenters. The molecule has 1 heterocycles. The fourth-order valence-electron chi connectivity index (χ4n) is 1.33. The van der Waals surface area contributed by atoms with E-state index in [2.05, 4.69) is 4.74 Å². The minimum absolute atomic E-state index is 0.196. The molecule has 0 radical (unpaired) electrons. The van der Waals surface area contributed by atoms with E-state index in [1.54, 1.807) is 13.8 Å². The molecule has 0 fully saturated rings. The average molecular weight is 240 g/mol. The highest BCUT2D eigenvalue weighted by atomic mass is 16.6. The van der Waals surface area contributed by atoms with Crippen LogP contribution in [0.3, 0.4) is 0 Å². The summed E-state index contributed by atoms with van der Waals surface area (Å²) in [4.78, 5) is 32.7. The van der Waals surface area contributed by atoms with E-state index < -0.39 is 22.1 Å². The minimum Gasteiger partial charge on any atom is -0.465 e. The van der Waals surface area contributed by atoms with Crippen LogP contribution < -0.4 is 5.56 Å². The van der Waals surface area contributed by atoms with Crippen molar-refractivity contribution in [1.82, 2.24) is 4.57 Å². The van der Waals surface area contributed by atoms with Crippen LogP contribution in [0, 0.1) is 17.0 Å². The summed E-state index contributed by atoms with van der Waals surface area (Å²) in [6.07, 6.45) is 0. The number of nitro groups is 1. The summed E-state index contributed by atoms with van der Waals surface area (Å²) in [6.45, 7) is 3.10. The number of aromatic nitrogens is 1. The molecule has 0 N–H and O–H groups in total. The molecule has 0 aliphatic heterocycles. The first-order chi connectivity index (χ1) is 7.97. The largest absolute Gasteiger partial charge is 0.465 e. The second-order valence-electron chi connectivity index (χ2n) is 3.31. The van der Waals surface area contributed by atoms with Gasteiger partial charge >= 0.3 is 17.2 Å². The molecular weight excluding hydrogens is 228 g/mol. The van der Waals surface area contributed by atoms with Gasteiger partial charge in [-0.15, -0.1) is 0 Å².